The molecule has 0 amide bonds. The average molecular weight is 374 g/mol. The van der Waals surface area contributed by atoms with E-state index in [-0.39, 0.29) is 5.54 Å². The molecule has 4 rings (SSSR count). The number of benzene rings is 1. The number of anilines is 1. The van der Waals surface area contributed by atoms with Crippen LogP contribution in [0.5, 0.6) is 0 Å². The van der Waals surface area contributed by atoms with Gasteiger partial charge in [0.15, 0.2) is 0 Å². The maximum atomic E-state index is 6.67. The van der Waals surface area contributed by atoms with Crippen molar-refractivity contribution in [2.45, 2.75) is 57.5 Å². The lowest BCUT2D eigenvalue weighted by Gasteiger charge is -2.44. The van der Waals surface area contributed by atoms with Crippen molar-refractivity contribution in [2.75, 3.05) is 18.9 Å². The maximum absolute atomic E-state index is 6.67. The van der Waals surface area contributed by atoms with E-state index in [1.54, 1.807) is 0 Å². The summed E-state index contributed by atoms with van der Waals surface area (Å²) in [7, 11) is 2.13. The van der Waals surface area contributed by atoms with Gasteiger partial charge in [0, 0.05) is 10.9 Å². The summed E-state index contributed by atoms with van der Waals surface area (Å²) in [4.78, 5) is 2.29. The lowest BCUT2D eigenvalue weighted by molar-refractivity contribution is 0.249. The van der Waals surface area contributed by atoms with Crippen molar-refractivity contribution in [3.05, 3.63) is 40.9 Å². The standard InChI is InChI=1S/C21H28ClN3O/c1-4-10-25(3)13-16-11-15-12-17(22)19-18(20(15)26-16)21(24-14(2)23-19)8-6-5-7-9-21/h11-12,23-24H,2,4-10,13H2,1,3H3. The van der Waals surface area contributed by atoms with E-state index in [0.717, 1.165) is 65.6 Å². The Labute approximate surface area is 160 Å². The number of rotatable bonds is 4. The van der Waals surface area contributed by atoms with E-state index in [1.807, 2.05) is 6.07 Å². The molecule has 0 unspecified atom stereocenters. The van der Waals surface area contributed by atoms with Crippen LogP contribution in [0.25, 0.3) is 11.0 Å². The zero-order valence-electron chi connectivity index (χ0n) is 15.8. The van der Waals surface area contributed by atoms with Crippen LogP contribution in [-0.2, 0) is 12.1 Å². The van der Waals surface area contributed by atoms with Gasteiger partial charge in [-0.05, 0) is 45.0 Å². The molecule has 2 aliphatic rings. The van der Waals surface area contributed by atoms with E-state index in [4.69, 9.17) is 16.0 Å². The number of hydrogen-bond acceptors (Lipinski definition) is 4. The Balaban J connectivity index is 1.84. The van der Waals surface area contributed by atoms with Crippen LogP contribution in [0.3, 0.4) is 0 Å². The minimum Gasteiger partial charge on any atom is -0.459 e. The fraction of sp³-hybridized carbons (Fsp3) is 0.524. The average Bonchev–Trinajstić information content (AvgIpc) is 2.97. The third-order valence-corrected chi connectivity index (χ3v) is 5.99. The second-order valence-electron chi connectivity index (χ2n) is 7.85. The first kappa shape index (κ1) is 17.7. The van der Waals surface area contributed by atoms with Crippen molar-refractivity contribution in [1.29, 1.82) is 0 Å². The molecule has 0 radical (unpaired) electrons. The summed E-state index contributed by atoms with van der Waals surface area (Å²) in [5.74, 6) is 1.82. The fourth-order valence-electron chi connectivity index (χ4n) is 4.65. The topological polar surface area (TPSA) is 40.4 Å². The molecule has 1 aromatic heterocycles. The molecule has 2 heterocycles. The monoisotopic (exact) mass is 373 g/mol. The first-order chi connectivity index (χ1) is 12.5. The van der Waals surface area contributed by atoms with Gasteiger partial charge in [-0.15, -0.1) is 0 Å². The van der Waals surface area contributed by atoms with Gasteiger partial charge in [-0.25, -0.2) is 0 Å². The van der Waals surface area contributed by atoms with E-state index in [1.165, 1.54) is 24.8 Å². The molecule has 0 saturated heterocycles. The summed E-state index contributed by atoms with van der Waals surface area (Å²) in [5.41, 5.74) is 3.01. The second-order valence-corrected chi connectivity index (χ2v) is 8.26. The van der Waals surface area contributed by atoms with Gasteiger partial charge in [0.2, 0.25) is 0 Å². The summed E-state index contributed by atoms with van der Waals surface area (Å²) in [6.45, 7) is 8.20. The zero-order chi connectivity index (χ0) is 18.3. The van der Waals surface area contributed by atoms with E-state index < -0.39 is 0 Å². The quantitative estimate of drug-likeness (QED) is 0.734. The smallest absolute Gasteiger partial charge is 0.142 e. The van der Waals surface area contributed by atoms with Crippen molar-refractivity contribution >= 4 is 28.3 Å². The zero-order valence-corrected chi connectivity index (χ0v) is 16.5. The Morgan fingerprint density at radius 2 is 2.04 bits per heavy atom. The van der Waals surface area contributed by atoms with Gasteiger partial charge in [0.05, 0.1) is 28.6 Å². The Morgan fingerprint density at radius 1 is 1.27 bits per heavy atom. The number of nitrogens with zero attached hydrogens (tertiary/aromatic N) is 1. The summed E-state index contributed by atoms with van der Waals surface area (Å²) in [6.07, 6.45) is 7.01. The summed E-state index contributed by atoms with van der Waals surface area (Å²) in [6, 6.07) is 4.16. The summed E-state index contributed by atoms with van der Waals surface area (Å²) < 4.78 is 6.39. The van der Waals surface area contributed by atoms with Crippen LogP contribution < -0.4 is 10.6 Å². The Kier molecular flexibility index (Phi) is 4.66. The molecular weight excluding hydrogens is 346 g/mol. The molecule has 1 aliphatic heterocycles. The number of fused-ring (bicyclic) bond motifs is 4. The minimum absolute atomic E-state index is 0.122. The molecule has 2 N–H and O–H groups in total. The van der Waals surface area contributed by atoms with Crippen LogP contribution in [0.15, 0.2) is 28.9 Å². The lowest BCUT2D eigenvalue weighted by Crippen LogP contribution is -2.48. The highest BCUT2D eigenvalue weighted by atomic mass is 35.5. The SMILES string of the molecule is C=C1Nc2c(Cl)cc3cc(CN(C)CCC)oc3c2C2(CCCCC2)N1. The molecule has 2 aromatic rings. The molecule has 1 aromatic carbocycles. The van der Waals surface area contributed by atoms with Crippen LogP contribution in [-0.4, -0.2) is 18.5 Å². The van der Waals surface area contributed by atoms with Crippen LogP contribution in [0.4, 0.5) is 5.69 Å². The van der Waals surface area contributed by atoms with Crippen molar-refractivity contribution in [1.82, 2.24) is 10.2 Å². The first-order valence-electron chi connectivity index (χ1n) is 9.70. The molecule has 1 spiro atoms. The molecule has 1 aliphatic carbocycles. The molecule has 0 bridgehead atoms. The van der Waals surface area contributed by atoms with Gasteiger partial charge in [-0.2, -0.15) is 0 Å². The molecule has 1 saturated carbocycles. The van der Waals surface area contributed by atoms with Crippen LogP contribution in [0.2, 0.25) is 5.02 Å². The van der Waals surface area contributed by atoms with Crippen molar-refractivity contribution in [3.63, 3.8) is 0 Å². The van der Waals surface area contributed by atoms with E-state index >= 15 is 0 Å². The Hall–Kier alpha value is -1.65. The first-order valence-corrected chi connectivity index (χ1v) is 10.1. The second kappa shape index (κ2) is 6.82. The summed E-state index contributed by atoms with van der Waals surface area (Å²) >= 11 is 6.67. The highest BCUT2D eigenvalue weighted by Gasteiger charge is 2.42. The Morgan fingerprint density at radius 3 is 2.77 bits per heavy atom. The number of nitrogens with one attached hydrogen (secondary N) is 2. The predicted molar refractivity (Wildman–Crippen MR) is 109 cm³/mol. The number of halogens is 1. The molecule has 5 heteroatoms. The van der Waals surface area contributed by atoms with Crippen molar-refractivity contribution < 1.29 is 4.42 Å². The van der Waals surface area contributed by atoms with E-state index in [0.29, 0.717) is 0 Å². The largest absolute Gasteiger partial charge is 0.459 e. The fourth-order valence-corrected chi connectivity index (χ4v) is 4.91. The van der Waals surface area contributed by atoms with Crippen LogP contribution in [0, 0.1) is 0 Å². The third kappa shape index (κ3) is 2.99. The van der Waals surface area contributed by atoms with Gasteiger partial charge in [0.25, 0.3) is 0 Å². The summed E-state index contributed by atoms with van der Waals surface area (Å²) in [5, 5.41) is 8.83. The van der Waals surface area contributed by atoms with Gasteiger partial charge in [-0.3, -0.25) is 4.90 Å². The normalized spacial score (nSPS) is 18.8. The van der Waals surface area contributed by atoms with Crippen LogP contribution >= 0.6 is 11.6 Å². The van der Waals surface area contributed by atoms with Crippen molar-refractivity contribution in [3.8, 4) is 0 Å². The van der Waals surface area contributed by atoms with Crippen molar-refractivity contribution in [2.24, 2.45) is 0 Å². The Bertz CT molecular complexity index is 835. The highest BCUT2D eigenvalue weighted by molar-refractivity contribution is 6.34. The molecular formula is C21H28ClN3O. The molecule has 1 fully saturated rings. The minimum atomic E-state index is -0.122. The molecule has 26 heavy (non-hydrogen) atoms. The van der Waals surface area contributed by atoms with Gasteiger partial charge in [0.1, 0.15) is 11.3 Å². The number of hydrogen-bond donors (Lipinski definition) is 2. The van der Waals surface area contributed by atoms with Gasteiger partial charge < -0.3 is 15.1 Å². The third-order valence-electron chi connectivity index (χ3n) is 5.69. The predicted octanol–water partition coefficient (Wildman–Crippen LogP) is 5.57. The maximum Gasteiger partial charge on any atom is 0.142 e. The van der Waals surface area contributed by atoms with E-state index in [9.17, 15) is 0 Å². The molecule has 0 atom stereocenters. The number of furan rings is 1. The molecule has 140 valence electrons. The lowest BCUT2D eigenvalue weighted by atomic mass is 9.74. The highest BCUT2D eigenvalue weighted by Crippen LogP contribution is 2.49. The van der Waals surface area contributed by atoms with Crippen LogP contribution in [0.1, 0.15) is 56.8 Å². The van der Waals surface area contributed by atoms with E-state index in [2.05, 4.69) is 42.2 Å². The molecule has 4 nitrogen and oxygen atoms in total. The van der Waals surface area contributed by atoms with Gasteiger partial charge >= 0.3 is 0 Å². The van der Waals surface area contributed by atoms with Gasteiger partial charge in [-0.1, -0.05) is 44.4 Å².